The van der Waals surface area contributed by atoms with Gasteiger partial charge in [-0.3, -0.25) is 10.1 Å². The first-order chi connectivity index (χ1) is 9.08. The molecule has 3 rings (SSSR count). The van der Waals surface area contributed by atoms with E-state index < -0.39 is 4.92 Å². The Hall–Kier alpha value is -2.48. The van der Waals surface area contributed by atoms with Crippen LogP contribution in [0.2, 0.25) is 0 Å². The van der Waals surface area contributed by atoms with Crippen LogP contribution in [0.1, 0.15) is 5.69 Å². The first-order valence-corrected chi connectivity index (χ1v) is 6.25. The first-order valence-electron chi connectivity index (χ1n) is 5.43. The number of aryl methyl sites for hydroxylation is 1. The van der Waals surface area contributed by atoms with Crippen molar-refractivity contribution in [3.8, 4) is 5.13 Å². The van der Waals surface area contributed by atoms with Gasteiger partial charge in [0.1, 0.15) is 5.69 Å². The molecule has 8 heteroatoms. The fourth-order valence-electron chi connectivity index (χ4n) is 1.86. The van der Waals surface area contributed by atoms with E-state index in [9.17, 15) is 10.1 Å². The van der Waals surface area contributed by atoms with Crippen LogP contribution in [0.15, 0.2) is 24.3 Å². The number of nitro groups is 1. The summed E-state index contributed by atoms with van der Waals surface area (Å²) in [7, 11) is 0. The summed E-state index contributed by atoms with van der Waals surface area (Å²) < 4.78 is 2.30. The van der Waals surface area contributed by atoms with Crippen molar-refractivity contribution in [3.05, 3.63) is 40.1 Å². The summed E-state index contributed by atoms with van der Waals surface area (Å²) in [5.41, 5.74) is 6.71. The second-order valence-electron chi connectivity index (χ2n) is 3.95. The Morgan fingerprint density at radius 3 is 2.79 bits per heavy atom. The molecule has 96 valence electrons. The van der Waals surface area contributed by atoms with Gasteiger partial charge in [0.25, 0.3) is 0 Å². The van der Waals surface area contributed by atoms with E-state index in [1.165, 1.54) is 16.0 Å². The lowest BCUT2D eigenvalue weighted by Gasteiger charge is -1.95. The maximum atomic E-state index is 10.9. The molecule has 2 aromatic heterocycles. The molecule has 0 radical (unpaired) electrons. The number of hydrogen-bond acceptors (Lipinski definition) is 6. The highest BCUT2D eigenvalue weighted by Crippen LogP contribution is 2.31. The van der Waals surface area contributed by atoms with Crippen molar-refractivity contribution < 1.29 is 4.92 Å². The van der Waals surface area contributed by atoms with Gasteiger partial charge in [-0.25, -0.2) is 4.98 Å². The molecule has 0 saturated carbocycles. The number of benzene rings is 1. The van der Waals surface area contributed by atoms with Crippen LogP contribution >= 0.6 is 11.3 Å². The molecule has 0 saturated heterocycles. The molecule has 0 spiro atoms. The molecular weight excluding hydrogens is 266 g/mol. The summed E-state index contributed by atoms with van der Waals surface area (Å²) in [5.74, 6) is 0.00144. The minimum Gasteiger partial charge on any atom is -0.378 e. The molecule has 2 N–H and O–H groups in total. The highest BCUT2D eigenvalue weighted by molar-refractivity contribution is 7.20. The van der Waals surface area contributed by atoms with Crippen LogP contribution in [0.3, 0.4) is 0 Å². The highest BCUT2D eigenvalue weighted by Gasteiger charge is 2.24. The van der Waals surface area contributed by atoms with Crippen molar-refractivity contribution in [1.82, 2.24) is 14.8 Å². The van der Waals surface area contributed by atoms with Gasteiger partial charge in [0.15, 0.2) is 0 Å². The van der Waals surface area contributed by atoms with Crippen molar-refractivity contribution in [3.63, 3.8) is 0 Å². The molecule has 0 bridgehead atoms. The standard InChI is InChI=1S/C11H9N5O2S/c1-6-9(16(17)18)10(12)15(14-6)11-13-7-4-2-3-5-8(7)19-11/h2-5H,12H2,1H3. The quantitative estimate of drug-likeness (QED) is 0.571. The zero-order valence-corrected chi connectivity index (χ0v) is 10.7. The molecule has 7 nitrogen and oxygen atoms in total. The van der Waals surface area contributed by atoms with Crippen molar-refractivity contribution >= 4 is 33.1 Å². The average molecular weight is 275 g/mol. The molecular formula is C11H9N5O2S. The van der Waals surface area contributed by atoms with E-state index in [-0.39, 0.29) is 17.2 Å². The van der Waals surface area contributed by atoms with Gasteiger partial charge >= 0.3 is 5.69 Å². The number of thiazole rings is 1. The third-order valence-corrected chi connectivity index (χ3v) is 3.72. The number of nitrogens with two attached hydrogens (primary N) is 1. The van der Waals surface area contributed by atoms with Gasteiger partial charge in [0.05, 0.1) is 15.1 Å². The van der Waals surface area contributed by atoms with E-state index in [1.807, 2.05) is 24.3 Å². The van der Waals surface area contributed by atoms with E-state index in [1.54, 1.807) is 6.92 Å². The normalized spacial score (nSPS) is 11.0. The topological polar surface area (TPSA) is 99.9 Å². The molecule has 3 aromatic rings. The van der Waals surface area contributed by atoms with Gasteiger partial charge in [-0.05, 0) is 19.1 Å². The number of nitrogens with zero attached hydrogens (tertiary/aromatic N) is 4. The Bertz CT molecular complexity index is 759. The summed E-state index contributed by atoms with van der Waals surface area (Å²) in [5, 5.41) is 15.5. The second kappa shape index (κ2) is 4.02. The molecule has 0 fully saturated rings. The molecule has 19 heavy (non-hydrogen) atoms. The van der Waals surface area contributed by atoms with E-state index in [0.29, 0.717) is 5.13 Å². The van der Waals surface area contributed by atoms with Gasteiger partial charge < -0.3 is 5.73 Å². The first kappa shape index (κ1) is 11.6. The summed E-state index contributed by atoms with van der Waals surface area (Å²) in [6.07, 6.45) is 0. The molecule has 0 amide bonds. The Labute approximate surface area is 111 Å². The number of hydrogen-bond donors (Lipinski definition) is 1. The van der Waals surface area contributed by atoms with E-state index in [4.69, 9.17) is 5.73 Å². The summed E-state index contributed by atoms with van der Waals surface area (Å²) >= 11 is 1.39. The second-order valence-corrected chi connectivity index (χ2v) is 4.96. The van der Waals surface area contributed by atoms with Crippen molar-refractivity contribution in [2.24, 2.45) is 0 Å². The molecule has 0 unspecified atom stereocenters. The van der Waals surface area contributed by atoms with Gasteiger partial charge in [-0.1, -0.05) is 23.5 Å². The summed E-state index contributed by atoms with van der Waals surface area (Å²) in [4.78, 5) is 14.8. The van der Waals surface area contributed by atoms with Gasteiger partial charge in [0.2, 0.25) is 10.9 Å². The van der Waals surface area contributed by atoms with Crippen LogP contribution in [-0.4, -0.2) is 19.7 Å². The predicted octanol–water partition coefficient (Wildman–Crippen LogP) is 2.28. The number of anilines is 1. The number of nitrogen functional groups attached to an aromatic ring is 1. The van der Waals surface area contributed by atoms with Gasteiger partial charge in [0, 0.05) is 0 Å². The van der Waals surface area contributed by atoms with Crippen molar-refractivity contribution in [2.75, 3.05) is 5.73 Å². The van der Waals surface area contributed by atoms with E-state index in [0.717, 1.165) is 10.2 Å². The van der Waals surface area contributed by atoms with Crippen molar-refractivity contribution in [2.45, 2.75) is 6.92 Å². The summed E-state index contributed by atoms with van der Waals surface area (Å²) in [6, 6.07) is 7.59. The fraction of sp³-hybridized carbons (Fsp3) is 0.0909. The van der Waals surface area contributed by atoms with Crippen LogP contribution < -0.4 is 5.73 Å². The van der Waals surface area contributed by atoms with Crippen LogP contribution in [0.25, 0.3) is 15.3 Å². The zero-order chi connectivity index (χ0) is 13.6. The molecule has 0 aliphatic rings. The average Bonchev–Trinajstić information content (AvgIpc) is 2.89. The van der Waals surface area contributed by atoms with E-state index >= 15 is 0 Å². The number of fused-ring (bicyclic) bond motifs is 1. The molecule has 0 aliphatic carbocycles. The molecule has 2 heterocycles. The van der Waals surface area contributed by atoms with Crippen molar-refractivity contribution in [1.29, 1.82) is 0 Å². The minimum absolute atomic E-state index is 0.00144. The van der Waals surface area contributed by atoms with Crippen LogP contribution in [-0.2, 0) is 0 Å². The fourth-order valence-corrected chi connectivity index (χ4v) is 2.79. The number of rotatable bonds is 2. The lowest BCUT2D eigenvalue weighted by Crippen LogP contribution is -2.02. The number of para-hydroxylation sites is 1. The van der Waals surface area contributed by atoms with Crippen LogP contribution in [0, 0.1) is 17.0 Å². The zero-order valence-electron chi connectivity index (χ0n) is 9.90. The maximum Gasteiger partial charge on any atom is 0.333 e. The predicted molar refractivity (Wildman–Crippen MR) is 72.5 cm³/mol. The monoisotopic (exact) mass is 275 g/mol. The number of aromatic nitrogens is 3. The molecule has 1 aromatic carbocycles. The lowest BCUT2D eigenvalue weighted by atomic mass is 10.3. The third-order valence-electron chi connectivity index (χ3n) is 2.71. The van der Waals surface area contributed by atoms with Gasteiger partial charge in [-0.2, -0.15) is 9.78 Å². The largest absolute Gasteiger partial charge is 0.378 e. The summed E-state index contributed by atoms with van der Waals surface area (Å²) in [6.45, 7) is 1.55. The Morgan fingerprint density at radius 1 is 1.42 bits per heavy atom. The Balaban J connectivity index is 2.22. The van der Waals surface area contributed by atoms with Gasteiger partial charge in [-0.15, -0.1) is 0 Å². The Morgan fingerprint density at radius 2 is 2.16 bits per heavy atom. The SMILES string of the molecule is Cc1nn(-c2nc3ccccc3s2)c(N)c1[N+](=O)[O-]. The molecule has 0 aliphatic heterocycles. The Kier molecular flexibility index (Phi) is 2.46. The molecule has 0 atom stereocenters. The third kappa shape index (κ3) is 1.73. The highest BCUT2D eigenvalue weighted by atomic mass is 32.1. The maximum absolute atomic E-state index is 10.9. The lowest BCUT2D eigenvalue weighted by molar-refractivity contribution is -0.384. The minimum atomic E-state index is -0.526. The van der Waals surface area contributed by atoms with Crippen LogP contribution in [0.5, 0.6) is 0 Å². The van der Waals surface area contributed by atoms with Crippen LogP contribution in [0.4, 0.5) is 11.5 Å². The smallest absolute Gasteiger partial charge is 0.333 e. The van der Waals surface area contributed by atoms with E-state index in [2.05, 4.69) is 10.1 Å².